The van der Waals surface area contributed by atoms with Crippen LogP contribution < -0.4 is 0 Å². The Hall–Kier alpha value is 1.18. The molecule has 0 aromatic carbocycles. The molecule has 76 valence electrons. The van der Waals surface area contributed by atoms with Crippen LogP contribution >= 0.6 is 69.6 Å². The van der Waals surface area contributed by atoms with E-state index >= 15 is 0 Å². The van der Waals surface area contributed by atoms with Gasteiger partial charge in [0.2, 0.25) is 0 Å². The summed E-state index contributed by atoms with van der Waals surface area (Å²) in [5, 5.41) is 0.386. The van der Waals surface area contributed by atoms with E-state index in [2.05, 4.69) is 0 Å². The van der Waals surface area contributed by atoms with Crippen LogP contribution in [0.1, 0.15) is 0 Å². The summed E-state index contributed by atoms with van der Waals surface area (Å²) in [5.74, 6) is 0. The molecule has 0 fully saturated rings. The first kappa shape index (κ1) is 14.2. The summed E-state index contributed by atoms with van der Waals surface area (Å²) in [6.45, 7) is 0.113. The SMILES string of the molecule is ClC(Cl)=C(Cl)COCC(Cl)=C(Cl)Cl. The van der Waals surface area contributed by atoms with Crippen LogP contribution in [0.2, 0.25) is 0 Å². The van der Waals surface area contributed by atoms with Crippen molar-refractivity contribution in [3.63, 3.8) is 0 Å². The van der Waals surface area contributed by atoms with Gasteiger partial charge in [0.15, 0.2) is 0 Å². The molecule has 1 nitrogen and oxygen atoms in total. The molecule has 0 aromatic heterocycles. The van der Waals surface area contributed by atoms with Gasteiger partial charge in [-0.1, -0.05) is 69.6 Å². The van der Waals surface area contributed by atoms with E-state index in [1.54, 1.807) is 0 Å². The van der Waals surface area contributed by atoms with Crippen molar-refractivity contribution in [2.45, 2.75) is 0 Å². The summed E-state index contributed by atoms with van der Waals surface area (Å²) in [5.41, 5.74) is 0. The highest BCUT2D eigenvalue weighted by Gasteiger charge is 2.02. The van der Waals surface area contributed by atoms with E-state index in [1.807, 2.05) is 0 Å². The second-order valence-electron chi connectivity index (χ2n) is 1.82. The highest BCUT2D eigenvalue weighted by atomic mass is 35.5. The van der Waals surface area contributed by atoms with E-state index in [0.29, 0.717) is 0 Å². The summed E-state index contributed by atoms with van der Waals surface area (Å²) in [7, 11) is 0. The van der Waals surface area contributed by atoms with Crippen molar-refractivity contribution in [2.24, 2.45) is 0 Å². The van der Waals surface area contributed by atoms with Crippen LogP contribution in [0.5, 0.6) is 0 Å². The Bertz CT molecular complexity index is 201. The van der Waals surface area contributed by atoms with E-state index in [0.717, 1.165) is 0 Å². The fourth-order valence-electron chi connectivity index (χ4n) is 0.339. The molecule has 0 aliphatic rings. The lowest BCUT2D eigenvalue weighted by molar-refractivity contribution is 0.188. The zero-order valence-corrected chi connectivity index (χ0v) is 10.6. The Labute approximate surface area is 106 Å². The van der Waals surface area contributed by atoms with Gasteiger partial charge in [0.25, 0.3) is 0 Å². The fraction of sp³-hybridized carbons (Fsp3) is 0.333. The number of rotatable bonds is 4. The van der Waals surface area contributed by atoms with Gasteiger partial charge in [0, 0.05) is 0 Å². The van der Waals surface area contributed by atoms with Gasteiger partial charge in [-0.15, -0.1) is 0 Å². The number of hydrogen-bond donors (Lipinski definition) is 0. The normalized spacial score (nSPS) is 9.69. The summed E-state index contributed by atoms with van der Waals surface area (Å²) in [6.07, 6.45) is 0. The molecule has 0 unspecified atom stereocenters. The fourth-order valence-corrected chi connectivity index (χ4v) is 0.712. The smallest absolute Gasteiger partial charge is 0.123 e. The van der Waals surface area contributed by atoms with Gasteiger partial charge in [0.1, 0.15) is 8.98 Å². The van der Waals surface area contributed by atoms with Crippen LogP contribution in [0.3, 0.4) is 0 Å². The minimum Gasteiger partial charge on any atom is -0.370 e. The maximum atomic E-state index is 5.54. The molecule has 7 heteroatoms. The van der Waals surface area contributed by atoms with Crippen LogP contribution in [0, 0.1) is 0 Å². The molecule has 0 bridgehead atoms. The third-order valence-electron chi connectivity index (χ3n) is 0.868. The minimum absolute atomic E-state index is 0.0428. The molecular formula is C6H4Cl6O. The van der Waals surface area contributed by atoms with Gasteiger partial charge >= 0.3 is 0 Å². The average molecular weight is 305 g/mol. The zero-order chi connectivity index (χ0) is 10.4. The molecule has 0 aromatic rings. The van der Waals surface area contributed by atoms with Crippen molar-refractivity contribution in [3.05, 3.63) is 19.0 Å². The van der Waals surface area contributed by atoms with Gasteiger partial charge in [-0.25, -0.2) is 0 Å². The molecule has 0 amide bonds. The highest BCUT2D eigenvalue weighted by Crippen LogP contribution is 2.20. The van der Waals surface area contributed by atoms with Crippen molar-refractivity contribution in [1.82, 2.24) is 0 Å². The Morgan fingerprint density at radius 1 is 0.692 bits per heavy atom. The Morgan fingerprint density at radius 3 is 1.23 bits per heavy atom. The molecule has 0 aliphatic heterocycles. The third kappa shape index (κ3) is 7.15. The summed E-state index contributed by atoms with van der Waals surface area (Å²) >= 11 is 32.5. The van der Waals surface area contributed by atoms with Crippen molar-refractivity contribution in [2.75, 3.05) is 13.2 Å². The Kier molecular flexibility index (Phi) is 8.15. The van der Waals surface area contributed by atoms with Gasteiger partial charge < -0.3 is 4.74 Å². The largest absolute Gasteiger partial charge is 0.370 e. The summed E-state index contributed by atoms with van der Waals surface area (Å²) in [4.78, 5) is 0. The first-order valence-electron chi connectivity index (χ1n) is 2.92. The maximum absolute atomic E-state index is 5.54. The molecule has 0 aliphatic carbocycles. The lowest BCUT2D eigenvalue weighted by atomic mass is 10.6. The molecule has 0 radical (unpaired) electrons. The second-order valence-corrected chi connectivity index (χ2v) is 4.63. The predicted molar refractivity (Wildman–Crippen MR) is 60.0 cm³/mol. The molecule has 0 heterocycles. The van der Waals surface area contributed by atoms with E-state index in [4.69, 9.17) is 74.3 Å². The molecule has 0 N–H and O–H groups in total. The molecule has 0 atom stereocenters. The lowest BCUT2D eigenvalue weighted by Crippen LogP contribution is -1.97. The summed E-state index contributed by atoms with van der Waals surface area (Å²) < 4.78 is 4.88. The van der Waals surface area contributed by atoms with Gasteiger partial charge in [0.05, 0.1) is 23.3 Å². The first-order chi connectivity index (χ1) is 5.95. The second kappa shape index (κ2) is 7.47. The van der Waals surface area contributed by atoms with Crippen molar-refractivity contribution in [3.8, 4) is 0 Å². The van der Waals surface area contributed by atoms with E-state index in [1.165, 1.54) is 0 Å². The van der Waals surface area contributed by atoms with Crippen LogP contribution in [-0.4, -0.2) is 13.2 Å². The molecular weight excluding hydrogens is 301 g/mol. The van der Waals surface area contributed by atoms with Crippen LogP contribution in [0.4, 0.5) is 0 Å². The molecule has 0 saturated heterocycles. The maximum Gasteiger partial charge on any atom is 0.123 e. The van der Waals surface area contributed by atoms with Crippen molar-refractivity contribution in [1.29, 1.82) is 0 Å². The van der Waals surface area contributed by atoms with E-state index in [9.17, 15) is 0 Å². The molecule has 0 spiro atoms. The third-order valence-corrected chi connectivity index (χ3v) is 2.76. The highest BCUT2D eigenvalue weighted by molar-refractivity contribution is 6.59. The molecule has 0 rings (SSSR count). The van der Waals surface area contributed by atoms with Gasteiger partial charge in [-0.2, -0.15) is 0 Å². The van der Waals surface area contributed by atoms with Crippen molar-refractivity contribution >= 4 is 69.6 Å². The lowest BCUT2D eigenvalue weighted by Gasteiger charge is -2.02. The quantitative estimate of drug-likeness (QED) is 0.726. The molecule has 0 saturated carbocycles. The van der Waals surface area contributed by atoms with Gasteiger partial charge in [-0.05, 0) is 0 Å². The van der Waals surface area contributed by atoms with Crippen LogP contribution in [0.25, 0.3) is 0 Å². The number of ether oxygens (including phenoxy) is 1. The van der Waals surface area contributed by atoms with Crippen LogP contribution in [-0.2, 0) is 4.74 Å². The molecule has 13 heavy (non-hydrogen) atoms. The van der Waals surface area contributed by atoms with E-state index in [-0.39, 0.29) is 32.3 Å². The minimum atomic E-state index is -0.0428. The Morgan fingerprint density at radius 2 is 1.00 bits per heavy atom. The van der Waals surface area contributed by atoms with E-state index < -0.39 is 0 Å². The number of hydrogen-bond acceptors (Lipinski definition) is 1. The standard InChI is InChI=1S/C6H4Cl6O/c7-3(5(9)10)1-13-2-4(8)6(11)12/h1-2H2. The summed E-state index contributed by atoms with van der Waals surface area (Å²) in [6, 6.07) is 0. The zero-order valence-electron chi connectivity index (χ0n) is 6.09. The first-order valence-corrected chi connectivity index (χ1v) is 5.19. The van der Waals surface area contributed by atoms with Crippen LogP contribution in [0.15, 0.2) is 19.0 Å². The predicted octanol–water partition coefficient (Wildman–Crippen LogP) is 4.77. The van der Waals surface area contributed by atoms with Gasteiger partial charge in [-0.3, -0.25) is 0 Å². The average Bonchev–Trinajstić information content (AvgIpc) is 2.03. The van der Waals surface area contributed by atoms with Crippen molar-refractivity contribution < 1.29 is 4.74 Å². The monoisotopic (exact) mass is 302 g/mol. The number of halogens is 6. The Balaban J connectivity index is 3.83. The topological polar surface area (TPSA) is 9.23 Å².